The van der Waals surface area contributed by atoms with Crippen LogP contribution in [-0.4, -0.2) is 9.97 Å². The van der Waals surface area contributed by atoms with Crippen molar-refractivity contribution in [2.75, 3.05) is 0 Å². The molecule has 0 saturated carbocycles. The number of hydrogen-bond acceptors (Lipinski definition) is 3. The van der Waals surface area contributed by atoms with Crippen LogP contribution in [0, 0.1) is 6.92 Å². The van der Waals surface area contributed by atoms with Crippen molar-refractivity contribution in [3.63, 3.8) is 0 Å². The van der Waals surface area contributed by atoms with Crippen molar-refractivity contribution >= 4 is 27.2 Å². The summed E-state index contributed by atoms with van der Waals surface area (Å²) >= 11 is 3.40. The molecule has 0 fully saturated rings. The summed E-state index contributed by atoms with van der Waals surface area (Å²) < 4.78 is 6.67. The van der Waals surface area contributed by atoms with Gasteiger partial charge >= 0.3 is 0 Å². The van der Waals surface area contributed by atoms with Crippen LogP contribution in [0.15, 0.2) is 45.3 Å². The monoisotopic (exact) mass is 288 g/mol. The van der Waals surface area contributed by atoms with Crippen molar-refractivity contribution < 1.29 is 4.42 Å². The summed E-state index contributed by atoms with van der Waals surface area (Å²) in [6, 6.07) is 11.7. The third-order valence-electron chi connectivity index (χ3n) is 2.49. The van der Waals surface area contributed by atoms with E-state index < -0.39 is 0 Å². The quantitative estimate of drug-likeness (QED) is 0.680. The largest absolute Gasteiger partial charge is 0.418 e. The van der Waals surface area contributed by atoms with Crippen molar-refractivity contribution in [1.29, 1.82) is 0 Å². The van der Waals surface area contributed by atoms with Gasteiger partial charge in [-0.3, -0.25) is 0 Å². The standard InChI is InChI=1S/C13H9BrN2O/c1-8-2-7-11-13(15-8)17-12(16-11)9-3-5-10(14)6-4-9/h2-7H,1H3. The van der Waals surface area contributed by atoms with Crippen LogP contribution in [-0.2, 0) is 0 Å². The fourth-order valence-electron chi connectivity index (χ4n) is 1.63. The first-order valence-electron chi connectivity index (χ1n) is 5.22. The third kappa shape index (κ3) is 1.96. The second kappa shape index (κ2) is 3.96. The molecule has 3 aromatic rings. The average molecular weight is 289 g/mol. The van der Waals surface area contributed by atoms with Gasteiger partial charge in [0.25, 0.3) is 0 Å². The molecule has 0 amide bonds. The Morgan fingerprint density at radius 2 is 1.76 bits per heavy atom. The number of benzene rings is 1. The highest BCUT2D eigenvalue weighted by Crippen LogP contribution is 2.24. The number of aromatic nitrogens is 2. The highest BCUT2D eigenvalue weighted by Gasteiger charge is 2.08. The fraction of sp³-hybridized carbons (Fsp3) is 0.0769. The van der Waals surface area contributed by atoms with Crippen molar-refractivity contribution in [2.45, 2.75) is 6.92 Å². The summed E-state index contributed by atoms with van der Waals surface area (Å²) in [7, 11) is 0. The molecule has 2 aromatic heterocycles. The number of hydrogen-bond donors (Lipinski definition) is 0. The molecule has 0 aliphatic heterocycles. The Kier molecular flexibility index (Phi) is 2.44. The first kappa shape index (κ1) is 10.5. The van der Waals surface area contributed by atoms with Crippen LogP contribution in [0.2, 0.25) is 0 Å². The number of halogens is 1. The average Bonchev–Trinajstić information content (AvgIpc) is 2.72. The second-order valence-corrected chi connectivity index (χ2v) is 4.72. The Morgan fingerprint density at radius 3 is 2.53 bits per heavy atom. The minimum absolute atomic E-state index is 0.586. The number of rotatable bonds is 1. The van der Waals surface area contributed by atoms with Crippen LogP contribution in [0.25, 0.3) is 22.7 Å². The van der Waals surface area contributed by atoms with Gasteiger partial charge in [-0.25, -0.2) is 9.97 Å². The lowest BCUT2D eigenvalue weighted by molar-refractivity contribution is 0.607. The molecule has 0 unspecified atom stereocenters. The van der Waals surface area contributed by atoms with Crippen LogP contribution < -0.4 is 0 Å². The molecule has 0 spiro atoms. The molecular formula is C13H9BrN2O. The van der Waals surface area contributed by atoms with E-state index in [4.69, 9.17) is 4.42 Å². The number of pyridine rings is 1. The lowest BCUT2D eigenvalue weighted by Crippen LogP contribution is -1.78. The SMILES string of the molecule is Cc1ccc2nc(-c3ccc(Br)cc3)oc2n1. The van der Waals surface area contributed by atoms with E-state index in [1.807, 2.05) is 43.3 Å². The summed E-state index contributed by atoms with van der Waals surface area (Å²) in [6.45, 7) is 1.93. The van der Waals surface area contributed by atoms with Crippen molar-refractivity contribution in [1.82, 2.24) is 9.97 Å². The number of fused-ring (bicyclic) bond motifs is 1. The smallest absolute Gasteiger partial charge is 0.247 e. The first-order chi connectivity index (χ1) is 8.22. The van der Waals surface area contributed by atoms with Gasteiger partial charge in [-0.1, -0.05) is 15.9 Å². The Morgan fingerprint density at radius 1 is 1.00 bits per heavy atom. The van der Waals surface area contributed by atoms with Gasteiger partial charge in [0.2, 0.25) is 11.6 Å². The number of nitrogens with zero attached hydrogens (tertiary/aromatic N) is 2. The minimum Gasteiger partial charge on any atom is -0.418 e. The molecule has 84 valence electrons. The van der Waals surface area contributed by atoms with Crippen molar-refractivity contribution in [3.8, 4) is 11.5 Å². The topological polar surface area (TPSA) is 38.9 Å². The molecule has 0 saturated heterocycles. The molecule has 0 N–H and O–H groups in total. The van der Waals surface area contributed by atoms with E-state index in [1.54, 1.807) is 0 Å². The Hall–Kier alpha value is -1.68. The summed E-state index contributed by atoms with van der Waals surface area (Å²) in [5, 5.41) is 0. The number of oxazole rings is 1. The van der Waals surface area contributed by atoms with Gasteiger partial charge in [0.15, 0.2) is 0 Å². The summed E-state index contributed by atoms with van der Waals surface area (Å²) in [5.74, 6) is 0.602. The second-order valence-electron chi connectivity index (χ2n) is 3.80. The molecule has 0 aliphatic carbocycles. The predicted octanol–water partition coefficient (Wildman–Crippen LogP) is 3.96. The highest BCUT2D eigenvalue weighted by atomic mass is 79.9. The van der Waals surface area contributed by atoms with Gasteiger partial charge in [-0.05, 0) is 43.3 Å². The summed E-state index contributed by atoms with van der Waals surface area (Å²) in [5.41, 5.74) is 3.25. The molecule has 0 aliphatic rings. The van der Waals surface area contributed by atoms with E-state index in [2.05, 4.69) is 25.9 Å². The van der Waals surface area contributed by atoms with E-state index in [0.29, 0.717) is 11.6 Å². The van der Waals surface area contributed by atoms with Crippen LogP contribution in [0.3, 0.4) is 0 Å². The highest BCUT2D eigenvalue weighted by molar-refractivity contribution is 9.10. The maximum absolute atomic E-state index is 5.64. The minimum atomic E-state index is 0.586. The van der Waals surface area contributed by atoms with Gasteiger partial charge in [-0.2, -0.15) is 0 Å². The Bertz CT molecular complexity index is 673. The molecule has 0 radical (unpaired) electrons. The van der Waals surface area contributed by atoms with E-state index in [-0.39, 0.29) is 0 Å². The molecular weight excluding hydrogens is 280 g/mol. The lowest BCUT2D eigenvalue weighted by atomic mass is 10.2. The molecule has 0 atom stereocenters. The Balaban J connectivity index is 2.14. The van der Waals surface area contributed by atoms with E-state index in [1.165, 1.54) is 0 Å². The molecule has 1 aromatic carbocycles. The zero-order valence-corrected chi connectivity index (χ0v) is 10.7. The van der Waals surface area contributed by atoms with Crippen LogP contribution in [0.1, 0.15) is 5.69 Å². The fourth-order valence-corrected chi connectivity index (χ4v) is 1.89. The molecule has 3 nitrogen and oxygen atoms in total. The molecule has 0 bridgehead atoms. The molecule has 3 rings (SSSR count). The van der Waals surface area contributed by atoms with Gasteiger partial charge in [-0.15, -0.1) is 0 Å². The number of aryl methyl sites for hydroxylation is 1. The zero-order chi connectivity index (χ0) is 11.8. The molecule has 2 heterocycles. The van der Waals surface area contributed by atoms with Crippen molar-refractivity contribution in [2.24, 2.45) is 0 Å². The van der Waals surface area contributed by atoms with Gasteiger partial charge in [0.05, 0.1) is 0 Å². The van der Waals surface area contributed by atoms with E-state index in [9.17, 15) is 0 Å². The third-order valence-corrected chi connectivity index (χ3v) is 3.01. The predicted molar refractivity (Wildman–Crippen MR) is 69.7 cm³/mol. The zero-order valence-electron chi connectivity index (χ0n) is 9.14. The maximum Gasteiger partial charge on any atom is 0.247 e. The Labute approximate surface area is 107 Å². The van der Waals surface area contributed by atoms with E-state index >= 15 is 0 Å². The summed E-state index contributed by atoms with van der Waals surface area (Å²) in [6.07, 6.45) is 0. The van der Waals surface area contributed by atoms with Gasteiger partial charge < -0.3 is 4.42 Å². The lowest BCUT2D eigenvalue weighted by Gasteiger charge is -1.94. The van der Waals surface area contributed by atoms with Crippen molar-refractivity contribution in [3.05, 3.63) is 46.6 Å². The molecule has 4 heteroatoms. The van der Waals surface area contributed by atoms with Crippen LogP contribution in [0.5, 0.6) is 0 Å². The summed E-state index contributed by atoms with van der Waals surface area (Å²) in [4.78, 5) is 8.71. The van der Waals surface area contributed by atoms with Crippen LogP contribution >= 0.6 is 15.9 Å². The molecule has 17 heavy (non-hydrogen) atoms. The maximum atomic E-state index is 5.64. The van der Waals surface area contributed by atoms with E-state index in [0.717, 1.165) is 21.2 Å². The van der Waals surface area contributed by atoms with Crippen LogP contribution in [0.4, 0.5) is 0 Å². The normalized spacial score (nSPS) is 10.9. The van der Waals surface area contributed by atoms with Gasteiger partial charge in [0, 0.05) is 15.7 Å². The first-order valence-corrected chi connectivity index (χ1v) is 6.02. The van der Waals surface area contributed by atoms with Gasteiger partial charge in [0.1, 0.15) is 5.52 Å².